The summed E-state index contributed by atoms with van der Waals surface area (Å²) in [4.78, 5) is 18.1. The van der Waals surface area contributed by atoms with Crippen molar-refractivity contribution in [2.24, 2.45) is 0 Å². The first kappa shape index (κ1) is 15.4. The molecular formula is C14H23N3O2. The Kier molecular flexibility index (Phi) is 5.30. The van der Waals surface area contributed by atoms with E-state index in [1.165, 1.54) is 0 Å². The molecule has 1 unspecified atom stereocenters. The summed E-state index contributed by atoms with van der Waals surface area (Å²) in [6.07, 6.45) is 0.142. The molecule has 0 saturated heterocycles. The number of aliphatic hydroxyl groups excluding tert-OH is 1. The lowest BCUT2D eigenvalue weighted by atomic mass is 10.1. The van der Waals surface area contributed by atoms with E-state index in [-0.39, 0.29) is 11.8 Å². The van der Waals surface area contributed by atoms with Crippen LogP contribution in [0.3, 0.4) is 0 Å². The highest BCUT2D eigenvalue weighted by atomic mass is 16.3. The summed E-state index contributed by atoms with van der Waals surface area (Å²) in [5.74, 6) is 0.480. The first-order chi connectivity index (χ1) is 8.81. The fourth-order valence-electron chi connectivity index (χ4n) is 1.70. The van der Waals surface area contributed by atoms with Gasteiger partial charge in [0.15, 0.2) is 0 Å². The Morgan fingerprint density at radius 2 is 2.05 bits per heavy atom. The maximum atomic E-state index is 12.2. The second kappa shape index (κ2) is 6.52. The standard InChI is InChI=1S/C14H23N3O2/c1-9(2)12-7-11(8-13(15)16-12)14(19)17(4)6-5-10(3)18/h7-10,18H,5-6H2,1-4H3,(H2,15,16). The summed E-state index contributed by atoms with van der Waals surface area (Å²) in [6.45, 7) is 6.23. The minimum Gasteiger partial charge on any atom is -0.393 e. The zero-order valence-electron chi connectivity index (χ0n) is 12.1. The van der Waals surface area contributed by atoms with Gasteiger partial charge in [0.25, 0.3) is 5.91 Å². The third kappa shape index (κ3) is 4.52. The second-order valence-electron chi connectivity index (χ2n) is 5.22. The van der Waals surface area contributed by atoms with Gasteiger partial charge in [0.2, 0.25) is 0 Å². The van der Waals surface area contributed by atoms with Gasteiger partial charge in [-0.3, -0.25) is 4.79 Å². The molecule has 0 aliphatic heterocycles. The highest BCUT2D eigenvalue weighted by Gasteiger charge is 2.15. The van der Waals surface area contributed by atoms with Crippen molar-refractivity contribution in [1.82, 2.24) is 9.88 Å². The predicted octanol–water partition coefficient (Wildman–Crippen LogP) is 1.63. The van der Waals surface area contributed by atoms with E-state index in [2.05, 4.69) is 4.98 Å². The van der Waals surface area contributed by atoms with Gasteiger partial charge in [0.05, 0.1) is 6.10 Å². The normalized spacial score (nSPS) is 12.5. The van der Waals surface area contributed by atoms with E-state index in [0.717, 1.165) is 5.69 Å². The molecule has 0 saturated carbocycles. The van der Waals surface area contributed by atoms with Crippen LogP contribution in [-0.4, -0.2) is 40.6 Å². The highest BCUT2D eigenvalue weighted by molar-refractivity contribution is 5.94. The molecule has 1 heterocycles. The van der Waals surface area contributed by atoms with Crippen LogP contribution in [0.5, 0.6) is 0 Å². The van der Waals surface area contributed by atoms with Crippen LogP contribution in [0.15, 0.2) is 12.1 Å². The number of aromatic nitrogens is 1. The van der Waals surface area contributed by atoms with E-state index in [0.29, 0.717) is 24.3 Å². The number of rotatable bonds is 5. The molecule has 0 radical (unpaired) electrons. The molecule has 1 aromatic heterocycles. The summed E-state index contributed by atoms with van der Waals surface area (Å²) >= 11 is 0. The molecule has 5 heteroatoms. The first-order valence-electron chi connectivity index (χ1n) is 6.52. The summed E-state index contributed by atoms with van der Waals surface area (Å²) < 4.78 is 0. The van der Waals surface area contributed by atoms with E-state index in [1.54, 1.807) is 31.0 Å². The molecule has 0 fully saturated rings. The van der Waals surface area contributed by atoms with Crippen molar-refractivity contribution in [1.29, 1.82) is 0 Å². The number of hydrogen-bond acceptors (Lipinski definition) is 4. The predicted molar refractivity (Wildman–Crippen MR) is 76.0 cm³/mol. The van der Waals surface area contributed by atoms with Gasteiger partial charge in [-0.25, -0.2) is 4.98 Å². The lowest BCUT2D eigenvalue weighted by Gasteiger charge is -2.19. The van der Waals surface area contributed by atoms with Crippen LogP contribution in [0.1, 0.15) is 49.2 Å². The van der Waals surface area contributed by atoms with Crippen molar-refractivity contribution in [2.75, 3.05) is 19.3 Å². The van der Waals surface area contributed by atoms with Crippen LogP contribution in [-0.2, 0) is 0 Å². The molecule has 5 nitrogen and oxygen atoms in total. The Balaban J connectivity index is 2.87. The van der Waals surface area contributed by atoms with Crippen molar-refractivity contribution in [3.63, 3.8) is 0 Å². The van der Waals surface area contributed by atoms with Crippen molar-refractivity contribution < 1.29 is 9.90 Å². The number of carbonyl (C=O) groups is 1. The molecule has 0 aromatic carbocycles. The Labute approximate surface area is 114 Å². The average Bonchev–Trinajstić information content (AvgIpc) is 2.34. The van der Waals surface area contributed by atoms with Gasteiger partial charge < -0.3 is 15.7 Å². The van der Waals surface area contributed by atoms with Gasteiger partial charge in [-0.1, -0.05) is 13.8 Å². The van der Waals surface area contributed by atoms with Gasteiger partial charge in [0.1, 0.15) is 5.82 Å². The van der Waals surface area contributed by atoms with Gasteiger partial charge in [-0.2, -0.15) is 0 Å². The van der Waals surface area contributed by atoms with E-state index in [1.807, 2.05) is 13.8 Å². The van der Waals surface area contributed by atoms with E-state index in [4.69, 9.17) is 5.73 Å². The first-order valence-corrected chi connectivity index (χ1v) is 6.52. The van der Waals surface area contributed by atoms with Gasteiger partial charge in [0, 0.05) is 24.8 Å². The fourth-order valence-corrected chi connectivity index (χ4v) is 1.70. The third-order valence-corrected chi connectivity index (χ3v) is 2.93. The Morgan fingerprint density at radius 3 is 2.58 bits per heavy atom. The maximum Gasteiger partial charge on any atom is 0.253 e. The number of nitrogens with zero attached hydrogens (tertiary/aromatic N) is 2. The van der Waals surface area contributed by atoms with E-state index in [9.17, 15) is 9.90 Å². The summed E-state index contributed by atoms with van der Waals surface area (Å²) in [5.41, 5.74) is 7.09. The smallest absolute Gasteiger partial charge is 0.253 e. The van der Waals surface area contributed by atoms with Crippen LogP contribution in [0.4, 0.5) is 5.82 Å². The van der Waals surface area contributed by atoms with Crippen LogP contribution in [0.25, 0.3) is 0 Å². The van der Waals surface area contributed by atoms with Crippen molar-refractivity contribution in [3.8, 4) is 0 Å². The number of amides is 1. The molecule has 1 rings (SSSR count). The van der Waals surface area contributed by atoms with Gasteiger partial charge >= 0.3 is 0 Å². The number of nitrogens with two attached hydrogens (primary N) is 1. The number of anilines is 1. The fraction of sp³-hybridized carbons (Fsp3) is 0.571. The summed E-state index contributed by atoms with van der Waals surface area (Å²) in [5, 5.41) is 9.25. The van der Waals surface area contributed by atoms with Crippen LogP contribution >= 0.6 is 0 Å². The van der Waals surface area contributed by atoms with Crippen molar-refractivity contribution in [2.45, 2.75) is 39.2 Å². The number of pyridine rings is 1. The Hall–Kier alpha value is -1.62. The molecule has 1 amide bonds. The number of hydrogen-bond donors (Lipinski definition) is 2. The molecule has 1 aromatic rings. The van der Waals surface area contributed by atoms with Crippen molar-refractivity contribution in [3.05, 3.63) is 23.4 Å². The zero-order valence-corrected chi connectivity index (χ0v) is 12.1. The minimum atomic E-state index is -0.413. The molecule has 0 bridgehead atoms. The molecule has 0 spiro atoms. The number of carbonyl (C=O) groups excluding carboxylic acids is 1. The summed E-state index contributed by atoms with van der Waals surface area (Å²) in [7, 11) is 1.72. The largest absolute Gasteiger partial charge is 0.393 e. The topological polar surface area (TPSA) is 79.5 Å². The summed E-state index contributed by atoms with van der Waals surface area (Å²) in [6, 6.07) is 3.37. The molecule has 3 N–H and O–H groups in total. The number of nitrogen functional groups attached to an aromatic ring is 1. The van der Waals surface area contributed by atoms with Crippen LogP contribution in [0.2, 0.25) is 0 Å². The Bertz CT molecular complexity index is 444. The SMILES string of the molecule is CC(O)CCN(C)C(=O)c1cc(N)nc(C(C)C)c1. The number of aliphatic hydroxyl groups is 1. The zero-order chi connectivity index (χ0) is 14.6. The van der Waals surface area contributed by atoms with E-state index >= 15 is 0 Å². The molecular weight excluding hydrogens is 242 g/mol. The highest BCUT2D eigenvalue weighted by Crippen LogP contribution is 2.17. The molecule has 0 aliphatic carbocycles. The molecule has 0 aliphatic rings. The molecule has 1 atom stereocenters. The van der Waals surface area contributed by atoms with Crippen LogP contribution in [0, 0.1) is 0 Å². The van der Waals surface area contributed by atoms with Crippen molar-refractivity contribution >= 4 is 11.7 Å². The van der Waals surface area contributed by atoms with Gasteiger partial charge in [-0.05, 0) is 31.4 Å². The maximum absolute atomic E-state index is 12.2. The molecule has 19 heavy (non-hydrogen) atoms. The minimum absolute atomic E-state index is 0.100. The monoisotopic (exact) mass is 265 g/mol. The lowest BCUT2D eigenvalue weighted by molar-refractivity contribution is 0.0768. The third-order valence-electron chi connectivity index (χ3n) is 2.93. The lowest BCUT2D eigenvalue weighted by Crippen LogP contribution is -2.29. The average molecular weight is 265 g/mol. The quantitative estimate of drug-likeness (QED) is 0.848. The Morgan fingerprint density at radius 1 is 1.42 bits per heavy atom. The molecule has 106 valence electrons. The van der Waals surface area contributed by atoms with Gasteiger partial charge in [-0.15, -0.1) is 0 Å². The van der Waals surface area contributed by atoms with E-state index < -0.39 is 6.10 Å². The second-order valence-corrected chi connectivity index (χ2v) is 5.22. The van der Waals surface area contributed by atoms with Crippen LogP contribution < -0.4 is 5.73 Å².